The van der Waals surface area contributed by atoms with Crippen molar-refractivity contribution in [3.05, 3.63) is 94.5 Å². The van der Waals surface area contributed by atoms with E-state index >= 15 is 0 Å². The number of hydrogen-bond acceptors (Lipinski definition) is 4. The molecule has 0 saturated carbocycles. The molecule has 1 atom stereocenters. The number of hydrogen-bond donors (Lipinski definition) is 1. The summed E-state index contributed by atoms with van der Waals surface area (Å²) in [6, 6.07) is 24.6. The van der Waals surface area contributed by atoms with Crippen molar-refractivity contribution in [1.82, 2.24) is 10.2 Å². The number of carbonyl (C=O) groups excluding carboxylic acids is 1. The Kier molecular flexibility index (Phi) is 7.53. The van der Waals surface area contributed by atoms with Crippen molar-refractivity contribution in [2.45, 2.75) is 15.8 Å². The lowest BCUT2D eigenvalue weighted by atomic mass is 10.1. The second-order valence-electron chi connectivity index (χ2n) is 6.92. The van der Waals surface area contributed by atoms with Gasteiger partial charge in [-0.2, -0.15) is 5.26 Å². The van der Waals surface area contributed by atoms with Crippen LogP contribution in [0, 0.1) is 11.3 Å². The number of nitrogens with one attached hydrogen (secondary N) is 1. The summed E-state index contributed by atoms with van der Waals surface area (Å²) in [5, 5.41) is 13.1. The summed E-state index contributed by atoms with van der Waals surface area (Å²) in [6.45, 7) is 0.420. The zero-order valence-electron chi connectivity index (χ0n) is 16.8. The Morgan fingerprint density at radius 1 is 1.03 bits per heavy atom. The minimum atomic E-state index is -0.161. The molecule has 0 aliphatic rings. The molecule has 0 radical (unpaired) electrons. The molecule has 0 bridgehead atoms. The predicted molar refractivity (Wildman–Crippen MR) is 122 cm³/mol. The Labute approximate surface area is 186 Å². The van der Waals surface area contributed by atoms with Crippen molar-refractivity contribution in [2.75, 3.05) is 20.6 Å². The molecule has 6 heteroatoms. The van der Waals surface area contributed by atoms with Crippen LogP contribution in [0.1, 0.15) is 27.5 Å². The van der Waals surface area contributed by atoms with E-state index in [1.54, 1.807) is 12.1 Å². The molecule has 4 nitrogen and oxygen atoms in total. The predicted octanol–water partition coefficient (Wildman–Crippen LogP) is 5.40. The quantitative estimate of drug-likeness (QED) is 0.540. The van der Waals surface area contributed by atoms with E-state index in [-0.39, 0.29) is 11.9 Å². The van der Waals surface area contributed by atoms with Crippen LogP contribution in [0.3, 0.4) is 0 Å². The minimum Gasteiger partial charge on any atom is -0.350 e. The van der Waals surface area contributed by atoms with Gasteiger partial charge in [-0.3, -0.25) is 4.79 Å². The Morgan fingerprint density at radius 2 is 1.67 bits per heavy atom. The minimum absolute atomic E-state index is 0.0539. The summed E-state index contributed by atoms with van der Waals surface area (Å²) in [7, 11) is 3.92. The highest BCUT2D eigenvalue weighted by Gasteiger charge is 2.19. The molecule has 3 aromatic carbocycles. The first-order valence-corrected chi connectivity index (χ1v) is 10.7. The number of rotatable bonds is 7. The SMILES string of the molecule is CN(C)[C@H](CNC(=O)c1ccccc1Sc1ccccc1C#N)c1ccccc1Cl. The number of benzene rings is 3. The molecule has 152 valence electrons. The average Bonchev–Trinajstić information content (AvgIpc) is 2.75. The summed E-state index contributed by atoms with van der Waals surface area (Å²) < 4.78 is 0. The van der Waals surface area contributed by atoms with Crippen molar-refractivity contribution in [3.63, 3.8) is 0 Å². The van der Waals surface area contributed by atoms with E-state index in [1.165, 1.54) is 11.8 Å². The molecule has 0 aromatic heterocycles. The molecule has 0 heterocycles. The lowest BCUT2D eigenvalue weighted by molar-refractivity contribution is 0.0939. The molecule has 0 aliphatic heterocycles. The fraction of sp³-hybridized carbons (Fsp3) is 0.167. The van der Waals surface area contributed by atoms with E-state index in [2.05, 4.69) is 11.4 Å². The fourth-order valence-corrected chi connectivity index (χ4v) is 4.40. The third kappa shape index (κ3) is 5.22. The summed E-state index contributed by atoms with van der Waals surface area (Å²) in [5.41, 5.74) is 2.13. The van der Waals surface area contributed by atoms with Gasteiger partial charge in [0.2, 0.25) is 0 Å². The smallest absolute Gasteiger partial charge is 0.252 e. The second kappa shape index (κ2) is 10.3. The molecule has 0 aliphatic carbocycles. The molecule has 3 aromatic rings. The third-order valence-electron chi connectivity index (χ3n) is 4.70. The van der Waals surface area contributed by atoms with E-state index in [1.807, 2.05) is 79.7 Å². The summed E-state index contributed by atoms with van der Waals surface area (Å²) in [6.07, 6.45) is 0. The molecule has 0 unspecified atom stereocenters. The monoisotopic (exact) mass is 435 g/mol. The first-order chi connectivity index (χ1) is 14.5. The normalized spacial score (nSPS) is 11.7. The zero-order valence-corrected chi connectivity index (χ0v) is 18.4. The van der Waals surface area contributed by atoms with Gasteiger partial charge < -0.3 is 10.2 Å². The molecule has 1 amide bonds. The van der Waals surface area contributed by atoms with Gasteiger partial charge in [-0.05, 0) is 50.0 Å². The van der Waals surface area contributed by atoms with E-state index in [4.69, 9.17) is 11.6 Å². The van der Waals surface area contributed by atoms with Gasteiger partial charge in [-0.25, -0.2) is 0 Å². The van der Waals surface area contributed by atoms with Crippen LogP contribution in [0.5, 0.6) is 0 Å². The number of halogens is 1. The van der Waals surface area contributed by atoms with Gasteiger partial charge in [0.1, 0.15) is 6.07 Å². The number of likely N-dealkylation sites (N-methyl/N-ethyl adjacent to an activating group) is 1. The topological polar surface area (TPSA) is 56.1 Å². The van der Waals surface area contributed by atoms with Crippen molar-refractivity contribution in [2.24, 2.45) is 0 Å². The zero-order chi connectivity index (χ0) is 21.5. The van der Waals surface area contributed by atoms with Gasteiger partial charge in [0.25, 0.3) is 5.91 Å². The van der Waals surface area contributed by atoms with Crippen LogP contribution in [-0.4, -0.2) is 31.4 Å². The van der Waals surface area contributed by atoms with Crippen LogP contribution in [0.25, 0.3) is 0 Å². The van der Waals surface area contributed by atoms with Crippen LogP contribution in [0.2, 0.25) is 5.02 Å². The van der Waals surface area contributed by atoms with E-state index in [0.717, 1.165) is 15.4 Å². The summed E-state index contributed by atoms with van der Waals surface area (Å²) >= 11 is 7.79. The Bertz CT molecular complexity index is 1080. The highest BCUT2D eigenvalue weighted by atomic mass is 35.5. The molecule has 3 rings (SSSR count). The number of nitriles is 1. The van der Waals surface area contributed by atoms with Gasteiger partial charge in [0, 0.05) is 21.4 Å². The highest BCUT2D eigenvalue weighted by Crippen LogP contribution is 2.32. The lowest BCUT2D eigenvalue weighted by Crippen LogP contribution is -2.34. The van der Waals surface area contributed by atoms with Gasteiger partial charge >= 0.3 is 0 Å². The first-order valence-electron chi connectivity index (χ1n) is 9.46. The molecule has 0 fully saturated rings. The second-order valence-corrected chi connectivity index (χ2v) is 8.41. The first kappa shape index (κ1) is 21.9. The van der Waals surface area contributed by atoms with E-state index < -0.39 is 0 Å². The lowest BCUT2D eigenvalue weighted by Gasteiger charge is -2.26. The van der Waals surface area contributed by atoms with Gasteiger partial charge in [-0.1, -0.05) is 65.8 Å². The van der Waals surface area contributed by atoms with E-state index in [0.29, 0.717) is 22.7 Å². The molecule has 0 saturated heterocycles. The van der Waals surface area contributed by atoms with Crippen molar-refractivity contribution >= 4 is 29.3 Å². The number of nitrogens with zero attached hydrogens (tertiary/aromatic N) is 2. The summed E-state index contributed by atoms with van der Waals surface area (Å²) in [4.78, 5) is 16.7. The summed E-state index contributed by atoms with van der Waals surface area (Å²) in [5.74, 6) is -0.161. The molecule has 30 heavy (non-hydrogen) atoms. The van der Waals surface area contributed by atoms with Crippen LogP contribution in [0.4, 0.5) is 0 Å². The molecule has 0 spiro atoms. The molecular weight excluding hydrogens is 414 g/mol. The molecule has 1 N–H and O–H groups in total. The highest BCUT2D eigenvalue weighted by molar-refractivity contribution is 7.99. The van der Waals surface area contributed by atoms with Crippen LogP contribution >= 0.6 is 23.4 Å². The van der Waals surface area contributed by atoms with Crippen LogP contribution in [-0.2, 0) is 0 Å². The van der Waals surface area contributed by atoms with Gasteiger partial charge in [0.15, 0.2) is 0 Å². The third-order valence-corrected chi connectivity index (χ3v) is 6.20. The van der Waals surface area contributed by atoms with Gasteiger partial charge in [0.05, 0.1) is 17.2 Å². The average molecular weight is 436 g/mol. The van der Waals surface area contributed by atoms with E-state index in [9.17, 15) is 10.1 Å². The Balaban J connectivity index is 1.79. The van der Waals surface area contributed by atoms with Crippen LogP contribution in [0.15, 0.2) is 82.6 Å². The largest absolute Gasteiger partial charge is 0.350 e. The maximum atomic E-state index is 13.0. The molecular formula is C24H22ClN3OS. The standard InChI is InChI=1S/C24H22ClN3OS/c1-28(2)21(18-10-4-6-12-20(18)25)16-27-24(29)19-11-5-8-14-23(19)30-22-13-7-3-9-17(22)15-26/h3-14,21H,16H2,1-2H3,(H,27,29)/t21-/m1/s1. The van der Waals surface area contributed by atoms with Crippen LogP contribution < -0.4 is 5.32 Å². The number of carbonyl (C=O) groups is 1. The van der Waals surface area contributed by atoms with Crippen molar-refractivity contribution in [1.29, 1.82) is 5.26 Å². The fourth-order valence-electron chi connectivity index (χ4n) is 3.11. The van der Waals surface area contributed by atoms with Crippen molar-refractivity contribution < 1.29 is 4.79 Å². The maximum Gasteiger partial charge on any atom is 0.252 e. The number of amides is 1. The van der Waals surface area contributed by atoms with Crippen molar-refractivity contribution in [3.8, 4) is 6.07 Å². The Hall–Kier alpha value is -2.78. The van der Waals surface area contributed by atoms with Gasteiger partial charge in [-0.15, -0.1) is 0 Å². The maximum absolute atomic E-state index is 13.0. The Morgan fingerprint density at radius 3 is 2.37 bits per heavy atom.